The molecule has 0 bridgehead atoms. The highest BCUT2D eigenvalue weighted by Crippen LogP contribution is 2.34. The van der Waals surface area contributed by atoms with E-state index in [1.54, 1.807) is 12.1 Å². The van der Waals surface area contributed by atoms with Crippen molar-refractivity contribution in [3.8, 4) is 17.3 Å². The maximum atomic E-state index is 11.4. The van der Waals surface area contributed by atoms with Crippen molar-refractivity contribution in [1.29, 1.82) is 10.7 Å². The first kappa shape index (κ1) is 23.6. The van der Waals surface area contributed by atoms with Crippen LogP contribution in [0.15, 0.2) is 90.8 Å². The summed E-state index contributed by atoms with van der Waals surface area (Å²) in [5.41, 5.74) is 6.73. The number of nitriles is 1. The lowest BCUT2D eigenvalue weighted by Gasteiger charge is -2.07. The van der Waals surface area contributed by atoms with Crippen molar-refractivity contribution in [1.82, 2.24) is 20.1 Å². The standard InChI is InChI=1S/C30H24N6O/c1-20(37)34-25(17-32)13-9-21-10-14-27-26(15-21)29-28(18-33-27)36(19-23-5-3-2-4-6-23)35-30(29)24-11-7-22(16-31)8-12-24/h2-8,10-15,17-18,32H,9,19H2,1H3,(H,34,37)/b25-13+,32-17?. The molecule has 0 spiro atoms. The Morgan fingerprint density at radius 3 is 2.57 bits per heavy atom. The molecule has 37 heavy (non-hydrogen) atoms. The van der Waals surface area contributed by atoms with Gasteiger partial charge >= 0.3 is 0 Å². The van der Waals surface area contributed by atoms with Crippen LogP contribution in [0.25, 0.3) is 33.1 Å². The molecule has 2 N–H and O–H groups in total. The summed E-state index contributed by atoms with van der Waals surface area (Å²) in [4.78, 5) is 16.1. The highest BCUT2D eigenvalue weighted by Gasteiger charge is 2.17. The highest BCUT2D eigenvalue weighted by atomic mass is 16.1. The Hall–Kier alpha value is -5.09. The van der Waals surface area contributed by atoms with Crippen molar-refractivity contribution in [2.45, 2.75) is 19.9 Å². The van der Waals surface area contributed by atoms with Crippen molar-refractivity contribution in [2.75, 3.05) is 0 Å². The Labute approximate surface area is 214 Å². The largest absolute Gasteiger partial charge is 0.325 e. The third-order valence-electron chi connectivity index (χ3n) is 6.14. The van der Waals surface area contributed by atoms with E-state index in [2.05, 4.69) is 29.6 Å². The van der Waals surface area contributed by atoms with Gasteiger partial charge in [0.25, 0.3) is 0 Å². The summed E-state index contributed by atoms with van der Waals surface area (Å²) in [5.74, 6) is -0.211. The van der Waals surface area contributed by atoms with Gasteiger partial charge in [-0.1, -0.05) is 54.6 Å². The third-order valence-corrected chi connectivity index (χ3v) is 6.14. The quantitative estimate of drug-likeness (QED) is 0.302. The van der Waals surface area contributed by atoms with E-state index in [-0.39, 0.29) is 5.91 Å². The second-order valence-electron chi connectivity index (χ2n) is 8.74. The second-order valence-corrected chi connectivity index (χ2v) is 8.74. The van der Waals surface area contributed by atoms with Gasteiger partial charge in [-0.15, -0.1) is 0 Å². The van der Waals surface area contributed by atoms with E-state index in [4.69, 9.17) is 15.5 Å². The van der Waals surface area contributed by atoms with Crippen molar-refractivity contribution in [2.24, 2.45) is 0 Å². The Kier molecular flexibility index (Phi) is 6.56. The lowest BCUT2D eigenvalue weighted by atomic mass is 10.0. The first-order valence-corrected chi connectivity index (χ1v) is 11.9. The summed E-state index contributed by atoms with van der Waals surface area (Å²) >= 11 is 0. The number of benzene rings is 3. The van der Waals surface area contributed by atoms with Crippen LogP contribution in [0.2, 0.25) is 0 Å². The minimum Gasteiger partial charge on any atom is -0.325 e. The summed E-state index contributed by atoms with van der Waals surface area (Å²) in [6.07, 6.45) is 5.37. The fourth-order valence-corrected chi connectivity index (χ4v) is 4.38. The molecule has 0 saturated heterocycles. The maximum absolute atomic E-state index is 11.4. The Morgan fingerprint density at radius 2 is 1.86 bits per heavy atom. The van der Waals surface area contributed by atoms with Gasteiger partial charge in [0.2, 0.25) is 5.91 Å². The van der Waals surface area contributed by atoms with Gasteiger partial charge in [0, 0.05) is 29.5 Å². The normalized spacial score (nSPS) is 11.4. The van der Waals surface area contributed by atoms with Gasteiger partial charge in [0.15, 0.2) is 0 Å². The third kappa shape index (κ3) is 5.00. The zero-order valence-corrected chi connectivity index (χ0v) is 20.3. The lowest BCUT2D eigenvalue weighted by Crippen LogP contribution is -2.19. The van der Waals surface area contributed by atoms with Gasteiger partial charge in [0.1, 0.15) is 5.69 Å². The topological polar surface area (TPSA) is 107 Å². The fraction of sp³-hybridized carbons (Fsp3) is 0.100. The number of amides is 1. The Morgan fingerprint density at radius 1 is 1.08 bits per heavy atom. The minimum absolute atomic E-state index is 0.211. The van der Waals surface area contributed by atoms with E-state index in [1.807, 2.05) is 59.4 Å². The molecule has 0 unspecified atom stereocenters. The SMILES string of the molecule is CC(=O)N/C(C=N)=C/Cc1ccc2ncc3c(c(-c4ccc(C#N)cc4)nn3Cc3ccccc3)c2c1. The average Bonchev–Trinajstić information content (AvgIpc) is 3.30. The second kappa shape index (κ2) is 10.3. The van der Waals surface area contributed by atoms with Crippen LogP contribution < -0.4 is 5.32 Å². The molecule has 5 rings (SSSR count). The van der Waals surface area contributed by atoms with Crippen LogP contribution in [0.3, 0.4) is 0 Å². The number of carbonyl (C=O) groups is 1. The van der Waals surface area contributed by atoms with Gasteiger partial charge in [-0.05, 0) is 41.8 Å². The first-order valence-electron chi connectivity index (χ1n) is 11.9. The van der Waals surface area contributed by atoms with Crippen molar-refractivity contribution >= 4 is 33.9 Å². The van der Waals surface area contributed by atoms with E-state index in [9.17, 15) is 10.1 Å². The minimum atomic E-state index is -0.211. The summed E-state index contributed by atoms with van der Waals surface area (Å²) in [5, 5.41) is 26.4. The number of pyridine rings is 1. The Bertz CT molecular complexity index is 1690. The molecule has 5 aromatic rings. The van der Waals surface area contributed by atoms with E-state index < -0.39 is 0 Å². The molecule has 180 valence electrons. The molecule has 0 atom stereocenters. The predicted molar refractivity (Wildman–Crippen MR) is 145 cm³/mol. The number of aromatic nitrogens is 3. The van der Waals surface area contributed by atoms with Crippen LogP contribution in [0, 0.1) is 16.7 Å². The number of hydrogen-bond acceptors (Lipinski definition) is 5. The first-order chi connectivity index (χ1) is 18.1. The molecule has 7 nitrogen and oxygen atoms in total. The van der Waals surface area contributed by atoms with E-state index in [0.717, 1.165) is 50.4 Å². The van der Waals surface area contributed by atoms with E-state index in [0.29, 0.717) is 24.2 Å². The molecule has 2 heterocycles. The highest BCUT2D eigenvalue weighted by molar-refractivity contribution is 6.11. The van der Waals surface area contributed by atoms with Crippen molar-refractivity contribution < 1.29 is 4.79 Å². The van der Waals surface area contributed by atoms with Crippen LogP contribution in [0.4, 0.5) is 0 Å². The van der Waals surface area contributed by atoms with Crippen LogP contribution >= 0.6 is 0 Å². The van der Waals surface area contributed by atoms with Crippen LogP contribution in [-0.2, 0) is 17.8 Å². The fourth-order valence-electron chi connectivity index (χ4n) is 4.38. The van der Waals surface area contributed by atoms with Crippen LogP contribution in [0.1, 0.15) is 23.6 Å². The molecular weight excluding hydrogens is 460 g/mol. The number of nitrogens with one attached hydrogen (secondary N) is 2. The zero-order valence-electron chi connectivity index (χ0n) is 20.3. The molecule has 0 saturated carbocycles. The Balaban J connectivity index is 1.67. The van der Waals surface area contributed by atoms with Crippen LogP contribution in [0.5, 0.6) is 0 Å². The summed E-state index contributed by atoms with van der Waals surface area (Å²) in [6.45, 7) is 2.02. The average molecular weight is 485 g/mol. The van der Waals surface area contributed by atoms with Gasteiger partial charge in [0.05, 0.1) is 41.1 Å². The number of hydrogen-bond donors (Lipinski definition) is 2. The molecule has 0 radical (unpaired) electrons. The molecule has 0 aliphatic heterocycles. The zero-order chi connectivity index (χ0) is 25.8. The van der Waals surface area contributed by atoms with Crippen LogP contribution in [-0.4, -0.2) is 26.9 Å². The molecule has 0 fully saturated rings. The number of fused-ring (bicyclic) bond motifs is 3. The smallest absolute Gasteiger partial charge is 0.221 e. The summed E-state index contributed by atoms with van der Waals surface area (Å²) in [7, 11) is 0. The van der Waals surface area contributed by atoms with E-state index in [1.165, 1.54) is 6.92 Å². The monoisotopic (exact) mass is 484 g/mol. The maximum Gasteiger partial charge on any atom is 0.221 e. The molecule has 7 heteroatoms. The molecule has 1 amide bonds. The molecule has 0 aliphatic rings. The molecule has 0 aliphatic carbocycles. The number of carbonyl (C=O) groups excluding carboxylic acids is 1. The number of nitrogens with zero attached hydrogens (tertiary/aromatic N) is 4. The summed E-state index contributed by atoms with van der Waals surface area (Å²) in [6, 6.07) is 25.9. The predicted octanol–water partition coefficient (Wildman–Crippen LogP) is 5.38. The van der Waals surface area contributed by atoms with Crippen molar-refractivity contribution in [3.05, 3.63) is 107 Å². The van der Waals surface area contributed by atoms with Gasteiger partial charge < -0.3 is 10.7 Å². The number of rotatable bonds is 7. The van der Waals surface area contributed by atoms with Gasteiger partial charge in [-0.2, -0.15) is 10.4 Å². The van der Waals surface area contributed by atoms with Gasteiger partial charge in [-0.25, -0.2) is 0 Å². The van der Waals surface area contributed by atoms with E-state index >= 15 is 0 Å². The molecule has 2 aromatic heterocycles. The summed E-state index contributed by atoms with van der Waals surface area (Å²) < 4.78 is 1.97. The molecule has 3 aromatic carbocycles. The van der Waals surface area contributed by atoms with Crippen molar-refractivity contribution in [3.63, 3.8) is 0 Å². The number of allylic oxidation sites excluding steroid dienone is 2. The molecular formula is C30H24N6O. The van der Waals surface area contributed by atoms with Gasteiger partial charge in [-0.3, -0.25) is 14.5 Å². The lowest BCUT2D eigenvalue weighted by molar-refractivity contribution is -0.118.